The van der Waals surface area contributed by atoms with Crippen LogP contribution in [-0.4, -0.2) is 11.9 Å². The fourth-order valence-corrected chi connectivity index (χ4v) is 7.11. The van der Waals surface area contributed by atoms with E-state index in [1.54, 1.807) is 24.3 Å². The molecule has 5 rings (SSSR count). The molecule has 0 heterocycles. The van der Waals surface area contributed by atoms with Gasteiger partial charge in [0.15, 0.2) is 0 Å². The summed E-state index contributed by atoms with van der Waals surface area (Å²) in [5, 5.41) is 0. The number of unbranched alkanes of at least 4 members (excludes halogenated alkanes) is 10. The monoisotopic (exact) mass is 694 g/mol. The molecular weight excluding hydrogens is 641 g/mol. The Balaban J connectivity index is 1.79. The van der Waals surface area contributed by atoms with Gasteiger partial charge in [0, 0.05) is 5.56 Å². The third-order valence-electron chi connectivity index (χ3n) is 9.72. The average molecular weight is 695 g/mol. The number of esters is 2. The molecule has 0 aliphatic heterocycles. The zero-order valence-corrected chi connectivity index (χ0v) is 31.1. The topological polar surface area (TPSA) is 52.6 Å². The minimum atomic E-state index is -0.572. The van der Waals surface area contributed by atoms with Crippen molar-refractivity contribution in [1.82, 2.24) is 0 Å². The molecule has 270 valence electrons. The molecule has 52 heavy (non-hydrogen) atoms. The molecule has 4 heteroatoms. The number of hydrogen-bond donors (Lipinski definition) is 0. The number of hydrogen-bond acceptors (Lipinski definition) is 4. The third-order valence-corrected chi connectivity index (χ3v) is 9.72. The Morgan fingerprint density at radius 2 is 0.769 bits per heavy atom. The van der Waals surface area contributed by atoms with E-state index in [1.807, 2.05) is 84.9 Å². The molecule has 4 nitrogen and oxygen atoms in total. The Bertz CT molecular complexity index is 1820. The highest BCUT2D eigenvalue weighted by molar-refractivity contribution is 6.13. The zero-order valence-electron chi connectivity index (χ0n) is 31.1. The highest BCUT2D eigenvalue weighted by Gasteiger charge is 2.34. The molecule has 0 atom stereocenters. The number of ether oxygens (including phenoxy) is 2. The van der Waals surface area contributed by atoms with Gasteiger partial charge in [-0.3, -0.25) is 0 Å². The molecule has 0 N–H and O–H groups in total. The van der Waals surface area contributed by atoms with Crippen molar-refractivity contribution in [1.29, 1.82) is 0 Å². The van der Waals surface area contributed by atoms with Crippen molar-refractivity contribution < 1.29 is 19.1 Å². The molecule has 0 amide bonds. The molecule has 0 saturated carbocycles. The van der Waals surface area contributed by atoms with E-state index in [1.165, 1.54) is 44.9 Å². The van der Waals surface area contributed by atoms with Crippen LogP contribution in [0.1, 0.15) is 123 Å². The van der Waals surface area contributed by atoms with E-state index in [2.05, 4.69) is 26.0 Å². The van der Waals surface area contributed by atoms with Gasteiger partial charge in [0.05, 0.1) is 11.1 Å². The lowest BCUT2D eigenvalue weighted by Crippen LogP contribution is -2.23. The molecule has 0 bridgehead atoms. The van der Waals surface area contributed by atoms with Crippen LogP contribution in [0, 0.1) is 0 Å². The fourth-order valence-electron chi connectivity index (χ4n) is 7.11. The quantitative estimate of drug-likeness (QED) is 0.0462. The van der Waals surface area contributed by atoms with Crippen LogP contribution >= 0.6 is 0 Å². The van der Waals surface area contributed by atoms with Crippen molar-refractivity contribution in [2.75, 3.05) is 0 Å². The maximum Gasteiger partial charge on any atom is 0.345 e. The lowest BCUT2D eigenvalue weighted by Gasteiger charge is -2.26. The highest BCUT2D eigenvalue weighted by atomic mass is 16.5. The molecule has 0 unspecified atom stereocenters. The van der Waals surface area contributed by atoms with E-state index in [0.29, 0.717) is 29.0 Å². The Labute approximate surface area is 311 Å². The first-order chi connectivity index (χ1) is 25.6. The van der Waals surface area contributed by atoms with E-state index in [0.717, 1.165) is 66.3 Å². The van der Waals surface area contributed by atoms with E-state index in [9.17, 15) is 9.59 Å². The first-order valence-corrected chi connectivity index (χ1v) is 19.5. The Morgan fingerprint density at radius 1 is 0.404 bits per heavy atom. The number of rotatable bonds is 20. The number of para-hydroxylation sites is 2. The molecule has 0 aromatic heterocycles. The summed E-state index contributed by atoms with van der Waals surface area (Å²) in [5.74, 6) is -0.249. The van der Waals surface area contributed by atoms with Crippen LogP contribution in [0.5, 0.6) is 11.5 Å². The Hall–Kier alpha value is -4.96. The van der Waals surface area contributed by atoms with E-state index in [4.69, 9.17) is 9.47 Å². The Kier molecular flexibility index (Phi) is 15.3. The summed E-state index contributed by atoms with van der Waals surface area (Å²) >= 11 is 0. The molecule has 0 aliphatic rings. The molecule has 5 aromatic carbocycles. The van der Waals surface area contributed by atoms with Gasteiger partial charge in [0.1, 0.15) is 11.5 Å². The summed E-state index contributed by atoms with van der Waals surface area (Å²) in [5.41, 5.74) is 6.18. The van der Waals surface area contributed by atoms with Crippen molar-refractivity contribution in [2.45, 2.75) is 104 Å². The van der Waals surface area contributed by atoms with Crippen LogP contribution in [0.15, 0.2) is 121 Å². The van der Waals surface area contributed by atoms with Gasteiger partial charge in [0.2, 0.25) is 0 Å². The van der Waals surface area contributed by atoms with Crippen LogP contribution in [0.2, 0.25) is 0 Å². The van der Waals surface area contributed by atoms with Gasteiger partial charge in [-0.25, -0.2) is 9.59 Å². The minimum absolute atomic E-state index is 0.252. The predicted octanol–water partition coefficient (Wildman–Crippen LogP) is 13.3. The average Bonchev–Trinajstić information content (AvgIpc) is 3.18. The molecular formula is C48H54O4. The Morgan fingerprint density at radius 3 is 1.23 bits per heavy atom. The lowest BCUT2D eigenvalue weighted by molar-refractivity contribution is 0.0691. The zero-order chi connectivity index (χ0) is 36.4. The minimum Gasteiger partial charge on any atom is -0.423 e. The summed E-state index contributed by atoms with van der Waals surface area (Å²) < 4.78 is 12.3. The first-order valence-electron chi connectivity index (χ1n) is 19.5. The number of benzene rings is 5. The van der Waals surface area contributed by atoms with Gasteiger partial charge in [-0.1, -0.05) is 175 Å². The highest BCUT2D eigenvalue weighted by Crippen LogP contribution is 2.44. The molecule has 0 saturated heterocycles. The van der Waals surface area contributed by atoms with Crippen molar-refractivity contribution in [2.24, 2.45) is 0 Å². The van der Waals surface area contributed by atoms with Gasteiger partial charge >= 0.3 is 11.9 Å². The first kappa shape index (κ1) is 38.3. The second kappa shape index (κ2) is 20.8. The van der Waals surface area contributed by atoms with Gasteiger partial charge in [-0.15, -0.1) is 0 Å². The molecule has 0 radical (unpaired) electrons. The molecule has 0 fully saturated rings. The summed E-state index contributed by atoms with van der Waals surface area (Å²) in [6, 6.07) is 38.6. The summed E-state index contributed by atoms with van der Waals surface area (Å²) in [4.78, 5) is 29.6. The van der Waals surface area contributed by atoms with Gasteiger partial charge in [-0.2, -0.15) is 0 Å². The third kappa shape index (κ3) is 10.5. The molecule has 0 aliphatic carbocycles. The van der Waals surface area contributed by atoms with Crippen LogP contribution in [0.4, 0.5) is 0 Å². The second-order valence-electron chi connectivity index (χ2n) is 13.6. The van der Waals surface area contributed by atoms with E-state index < -0.39 is 11.9 Å². The summed E-state index contributed by atoms with van der Waals surface area (Å²) in [7, 11) is 0. The van der Waals surface area contributed by atoms with Crippen molar-refractivity contribution in [3.63, 3.8) is 0 Å². The van der Waals surface area contributed by atoms with Crippen LogP contribution in [0.3, 0.4) is 0 Å². The van der Waals surface area contributed by atoms with Gasteiger partial charge in [-0.05, 0) is 77.8 Å². The maximum atomic E-state index is 14.8. The summed E-state index contributed by atoms with van der Waals surface area (Å²) in [6.45, 7) is 4.47. The van der Waals surface area contributed by atoms with E-state index >= 15 is 0 Å². The van der Waals surface area contributed by atoms with Crippen molar-refractivity contribution in [3.8, 4) is 33.8 Å². The standard InChI is InChI=1S/C48H54O4/c1-3-5-7-9-11-25-35-41-42(36-26-12-10-8-6-4-2)45(47(49)51-39-31-21-15-22-32-39)46(48(50)52-40-33-23-16-24-34-40)44(38-29-19-14-20-30-38)43(41)37-27-17-13-18-28-37/h13-24,27-34H,3-12,25-26,35-36H2,1-2H3. The van der Waals surface area contributed by atoms with Crippen molar-refractivity contribution in [3.05, 3.63) is 144 Å². The largest absolute Gasteiger partial charge is 0.423 e. The smallest absolute Gasteiger partial charge is 0.345 e. The van der Waals surface area contributed by atoms with Crippen molar-refractivity contribution >= 4 is 11.9 Å². The predicted molar refractivity (Wildman–Crippen MR) is 214 cm³/mol. The number of carbonyl (C=O) groups is 2. The van der Waals surface area contributed by atoms with E-state index in [-0.39, 0.29) is 5.56 Å². The normalized spacial score (nSPS) is 11.0. The number of carbonyl (C=O) groups excluding carboxylic acids is 2. The fraction of sp³-hybridized carbons (Fsp3) is 0.333. The second-order valence-corrected chi connectivity index (χ2v) is 13.6. The SMILES string of the molecule is CCCCCCCCc1c(CCCCCCCC)c(-c2ccccc2)c(-c2ccccc2)c(C(=O)Oc2ccccc2)c1C(=O)Oc1ccccc1. The van der Waals surface area contributed by atoms with Gasteiger partial charge < -0.3 is 9.47 Å². The lowest BCUT2D eigenvalue weighted by atomic mass is 9.78. The van der Waals surface area contributed by atoms with Crippen LogP contribution < -0.4 is 9.47 Å². The maximum absolute atomic E-state index is 14.8. The summed E-state index contributed by atoms with van der Waals surface area (Å²) in [6.07, 6.45) is 15.1. The van der Waals surface area contributed by atoms with Crippen LogP contribution in [-0.2, 0) is 12.8 Å². The van der Waals surface area contributed by atoms with Crippen LogP contribution in [0.25, 0.3) is 22.3 Å². The molecule has 0 spiro atoms. The molecule has 5 aromatic rings. The van der Waals surface area contributed by atoms with Gasteiger partial charge in [0.25, 0.3) is 0 Å².